The van der Waals surface area contributed by atoms with E-state index in [9.17, 15) is 14.7 Å². The van der Waals surface area contributed by atoms with Crippen molar-refractivity contribution in [3.63, 3.8) is 0 Å². The molecule has 0 aromatic rings. The Labute approximate surface area is 81.9 Å². The highest BCUT2D eigenvalue weighted by Crippen LogP contribution is 2.01. The molecule has 6 nitrogen and oxygen atoms in total. The Hall–Kier alpha value is -1.14. The molecule has 14 heavy (non-hydrogen) atoms. The van der Waals surface area contributed by atoms with Crippen LogP contribution in [0.2, 0.25) is 0 Å². The summed E-state index contributed by atoms with van der Waals surface area (Å²) >= 11 is 0. The van der Waals surface area contributed by atoms with E-state index in [0.717, 1.165) is 6.92 Å². The fraction of sp³-hybridized carbons (Fsp3) is 0.750. The van der Waals surface area contributed by atoms with Gasteiger partial charge in [-0.05, 0) is 13.8 Å². The first-order valence-electron chi connectivity index (χ1n) is 4.08. The summed E-state index contributed by atoms with van der Waals surface area (Å²) in [6, 6.07) is -0.647. The van der Waals surface area contributed by atoms with Crippen LogP contribution >= 0.6 is 0 Å². The molecule has 0 bridgehead atoms. The molecular weight excluding hydrogens is 190 g/mol. The fourth-order valence-electron chi connectivity index (χ4n) is 0.688. The minimum atomic E-state index is -1.89. The second-order valence-corrected chi connectivity index (χ2v) is 3.20. The molecule has 0 rings (SSSR count). The number of carbonyl (C=O) groups excluding carboxylic acids is 1. The van der Waals surface area contributed by atoms with Gasteiger partial charge in [0.1, 0.15) is 6.04 Å². The summed E-state index contributed by atoms with van der Waals surface area (Å²) in [7, 11) is 1.23. The minimum Gasteiger partial charge on any atom is -0.479 e. The van der Waals surface area contributed by atoms with Crippen LogP contribution in [0.3, 0.4) is 0 Å². The van der Waals surface area contributed by atoms with E-state index in [4.69, 9.17) is 5.11 Å². The molecule has 0 spiro atoms. The van der Waals surface area contributed by atoms with Crippen molar-refractivity contribution in [2.45, 2.75) is 25.5 Å². The van der Waals surface area contributed by atoms with Crippen LogP contribution in [0.1, 0.15) is 13.8 Å². The molecule has 0 aromatic carbocycles. The molecule has 0 fully saturated rings. The number of aliphatic carboxylic acids is 1. The van der Waals surface area contributed by atoms with Crippen molar-refractivity contribution in [3.8, 4) is 0 Å². The molecule has 0 radical (unpaired) electrons. The van der Waals surface area contributed by atoms with Crippen molar-refractivity contribution in [2.24, 2.45) is 0 Å². The maximum atomic E-state index is 10.9. The number of carboxylic acid groups (broad SMARTS) is 1. The molecule has 0 aliphatic rings. The molecule has 2 atom stereocenters. The second kappa shape index (κ2) is 4.92. The van der Waals surface area contributed by atoms with Gasteiger partial charge in [-0.3, -0.25) is 4.79 Å². The number of ether oxygens (including phenoxy) is 1. The van der Waals surface area contributed by atoms with Crippen LogP contribution in [0, 0.1) is 0 Å². The molecule has 0 aliphatic carbocycles. The van der Waals surface area contributed by atoms with Crippen LogP contribution in [0.5, 0.6) is 0 Å². The zero-order valence-corrected chi connectivity index (χ0v) is 8.40. The Kier molecular flexibility index (Phi) is 4.52. The summed E-state index contributed by atoms with van der Waals surface area (Å²) in [5.74, 6) is -1.85. The van der Waals surface area contributed by atoms with Gasteiger partial charge >= 0.3 is 11.9 Å². The zero-order valence-electron chi connectivity index (χ0n) is 8.40. The lowest BCUT2D eigenvalue weighted by molar-refractivity contribution is -0.157. The van der Waals surface area contributed by atoms with Gasteiger partial charge in [-0.15, -0.1) is 0 Å². The van der Waals surface area contributed by atoms with E-state index in [1.54, 1.807) is 0 Å². The van der Waals surface area contributed by atoms with E-state index in [1.165, 1.54) is 14.0 Å². The van der Waals surface area contributed by atoms with E-state index < -0.39 is 23.6 Å². The third-order valence-electron chi connectivity index (χ3n) is 1.77. The molecule has 0 saturated heterocycles. The van der Waals surface area contributed by atoms with Gasteiger partial charge in [0, 0.05) is 6.54 Å². The van der Waals surface area contributed by atoms with Crippen LogP contribution in [0.15, 0.2) is 0 Å². The molecule has 0 heterocycles. The lowest BCUT2D eigenvalue weighted by Gasteiger charge is -2.20. The number of rotatable bonds is 5. The van der Waals surface area contributed by atoms with Crippen LogP contribution in [-0.4, -0.2) is 47.4 Å². The number of aliphatic hydroxyl groups is 1. The van der Waals surface area contributed by atoms with Crippen LogP contribution in [-0.2, 0) is 14.3 Å². The smallest absolute Gasteiger partial charge is 0.336 e. The molecule has 6 heteroatoms. The summed E-state index contributed by atoms with van der Waals surface area (Å²) in [6.45, 7) is 2.44. The SMILES string of the molecule is COC(=O)C(C)NCC(C)(O)C(=O)O. The second-order valence-electron chi connectivity index (χ2n) is 3.20. The van der Waals surface area contributed by atoms with Crippen LogP contribution < -0.4 is 5.32 Å². The van der Waals surface area contributed by atoms with E-state index in [1.807, 2.05) is 0 Å². The van der Waals surface area contributed by atoms with E-state index in [-0.39, 0.29) is 6.54 Å². The average molecular weight is 205 g/mol. The summed E-state index contributed by atoms with van der Waals surface area (Å²) in [5, 5.41) is 20.4. The van der Waals surface area contributed by atoms with E-state index in [0.29, 0.717) is 0 Å². The van der Waals surface area contributed by atoms with Gasteiger partial charge in [0.2, 0.25) is 0 Å². The number of carboxylic acids is 1. The molecule has 0 aliphatic heterocycles. The van der Waals surface area contributed by atoms with Crippen molar-refractivity contribution < 1.29 is 24.5 Å². The molecule has 3 N–H and O–H groups in total. The standard InChI is InChI=1S/C8H15NO5/c1-5(6(10)14-3)9-4-8(2,13)7(11)12/h5,9,13H,4H2,1-3H3,(H,11,12). The summed E-state index contributed by atoms with van der Waals surface area (Å²) in [5.41, 5.74) is -1.89. The fourth-order valence-corrected chi connectivity index (χ4v) is 0.688. The van der Waals surface area contributed by atoms with Gasteiger partial charge in [0.15, 0.2) is 5.60 Å². The first kappa shape index (κ1) is 12.9. The molecule has 2 unspecified atom stereocenters. The highest BCUT2D eigenvalue weighted by Gasteiger charge is 2.30. The molecular formula is C8H15NO5. The number of nitrogens with one attached hydrogen (secondary N) is 1. The normalized spacial score (nSPS) is 16.9. The van der Waals surface area contributed by atoms with Crippen molar-refractivity contribution in [2.75, 3.05) is 13.7 Å². The Morgan fingerprint density at radius 3 is 2.43 bits per heavy atom. The molecule has 0 aromatic heterocycles. The van der Waals surface area contributed by atoms with Crippen LogP contribution in [0.4, 0.5) is 0 Å². The van der Waals surface area contributed by atoms with Gasteiger partial charge in [-0.2, -0.15) is 0 Å². The lowest BCUT2D eigenvalue weighted by Crippen LogP contribution is -2.49. The lowest BCUT2D eigenvalue weighted by atomic mass is 10.1. The highest BCUT2D eigenvalue weighted by atomic mass is 16.5. The molecule has 82 valence electrons. The summed E-state index contributed by atoms with van der Waals surface area (Å²) in [4.78, 5) is 21.4. The van der Waals surface area contributed by atoms with Crippen LogP contribution in [0.25, 0.3) is 0 Å². The summed E-state index contributed by atoms with van der Waals surface area (Å²) < 4.78 is 4.41. The third-order valence-corrected chi connectivity index (χ3v) is 1.77. The Morgan fingerprint density at radius 1 is 1.57 bits per heavy atom. The Morgan fingerprint density at radius 2 is 2.07 bits per heavy atom. The quantitative estimate of drug-likeness (QED) is 0.497. The molecule has 0 amide bonds. The maximum absolute atomic E-state index is 10.9. The largest absolute Gasteiger partial charge is 0.479 e. The predicted molar refractivity (Wildman–Crippen MR) is 47.7 cm³/mol. The minimum absolute atomic E-state index is 0.224. The Balaban J connectivity index is 4.06. The maximum Gasteiger partial charge on any atom is 0.336 e. The average Bonchev–Trinajstić information content (AvgIpc) is 2.12. The molecule has 0 saturated carbocycles. The first-order chi connectivity index (χ1) is 6.31. The monoisotopic (exact) mass is 205 g/mol. The zero-order chi connectivity index (χ0) is 11.4. The van der Waals surface area contributed by atoms with Crippen molar-refractivity contribution in [3.05, 3.63) is 0 Å². The number of esters is 1. The van der Waals surface area contributed by atoms with Crippen molar-refractivity contribution in [1.29, 1.82) is 0 Å². The van der Waals surface area contributed by atoms with Gasteiger partial charge in [-0.1, -0.05) is 0 Å². The Bertz CT molecular complexity index is 226. The van der Waals surface area contributed by atoms with Gasteiger partial charge in [0.25, 0.3) is 0 Å². The topological polar surface area (TPSA) is 95.9 Å². The van der Waals surface area contributed by atoms with E-state index in [2.05, 4.69) is 10.1 Å². The summed E-state index contributed by atoms with van der Waals surface area (Å²) in [6.07, 6.45) is 0. The number of hydrogen-bond donors (Lipinski definition) is 3. The number of hydrogen-bond acceptors (Lipinski definition) is 5. The first-order valence-corrected chi connectivity index (χ1v) is 4.08. The number of carbonyl (C=O) groups is 2. The van der Waals surface area contributed by atoms with Crippen molar-refractivity contribution in [1.82, 2.24) is 5.32 Å². The van der Waals surface area contributed by atoms with E-state index >= 15 is 0 Å². The number of methoxy groups -OCH3 is 1. The van der Waals surface area contributed by atoms with Gasteiger partial charge in [0.05, 0.1) is 7.11 Å². The predicted octanol–water partition coefficient (Wildman–Crippen LogP) is -1.03. The third kappa shape index (κ3) is 3.71. The van der Waals surface area contributed by atoms with Gasteiger partial charge in [-0.25, -0.2) is 4.79 Å². The highest BCUT2D eigenvalue weighted by molar-refractivity contribution is 5.77. The van der Waals surface area contributed by atoms with Crippen molar-refractivity contribution >= 4 is 11.9 Å². The van der Waals surface area contributed by atoms with Gasteiger partial charge < -0.3 is 20.3 Å².